The predicted molar refractivity (Wildman–Crippen MR) is 91.0 cm³/mol. The molecule has 0 saturated carbocycles. The molecule has 0 atom stereocenters. The highest BCUT2D eigenvalue weighted by atomic mass is 16.2. The van der Waals surface area contributed by atoms with Crippen molar-refractivity contribution < 1.29 is 4.79 Å². The summed E-state index contributed by atoms with van der Waals surface area (Å²) in [4.78, 5) is 14.3. The number of nitrogens with one attached hydrogen (secondary N) is 2. The van der Waals surface area contributed by atoms with E-state index in [9.17, 15) is 4.79 Å². The van der Waals surface area contributed by atoms with Crippen molar-refractivity contribution in [3.05, 3.63) is 35.9 Å². The molecule has 0 unspecified atom stereocenters. The summed E-state index contributed by atoms with van der Waals surface area (Å²) in [6, 6.07) is 10.8. The van der Waals surface area contributed by atoms with E-state index in [0.717, 1.165) is 26.1 Å². The molecule has 0 spiro atoms. The molecule has 0 bridgehead atoms. The monoisotopic (exact) mass is 303 g/mol. The van der Waals surface area contributed by atoms with Crippen LogP contribution < -0.4 is 10.6 Å². The molecule has 1 aromatic carbocycles. The smallest absolute Gasteiger partial charge is 0.314 e. The van der Waals surface area contributed by atoms with Crippen LogP contribution in [0.1, 0.15) is 32.3 Å². The molecule has 0 radical (unpaired) electrons. The SMILES string of the molecule is CC(C)N1CCC(CNC(=O)NCCc2ccccc2)CC1. The van der Waals surface area contributed by atoms with E-state index in [2.05, 4.69) is 41.5 Å². The van der Waals surface area contributed by atoms with Gasteiger partial charge in [0.25, 0.3) is 0 Å². The van der Waals surface area contributed by atoms with Gasteiger partial charge in [0.2, 0.25) is 0 Å². The van der Waals surface area contributed by atoms with Gasteiger partial charge >= 0.3 is 6.03 Å². The zero-order valence-electron chi connectivity index (χ0n) is 13.8. The Morgan fingerprint density at radius 2 is 1.86 bits per heavy atom. The summed E-state index contributed by atoms with van der Waals surface area (Å²) in [5.41, 5.74) is 1.25. The van der Waals surface area contributed by atoms with E-state index in [1.54, 1.807) is 0 Å². The lowest BCUT2D eigenvalue weighted by Gasteiger charge is -2.34. The highest BCUT2D eigenvalue weighted by Crippen LogP contribution is 2.17. The highest BCUT2D eigenvalue weighted by Gasteiger charge is 2.20. The average Bonchev–Trinajstić information content (AvgIpc) is 2.54. The van der Waals surface area contributed by atoms with E-state index in [4.69, 9.17) is 0 Å². The maximum Gasteiger partial charge on any atom is 0.314 e. The molecule has 4 nitrogen and oxygen atoms in total. The van der Waals surface area contributed by atoms with Crippen molar-refractivity contribution in [3.63, 3.8) is 0 Å². The van der Waals surface area contributed by atoms with Crippen molar-refractivity contribution >= 4 is 6.03 Å². The molecule has 2 amide bonds. The van der Waals surface area contributed by atoms with Gasteiger partial charge in [-0.2, -0.15) is 0 Å². The quantitative estimate of drug-likeness (QED) is 0.848. The number of amides is 2. The van der Waals surface area contributed by atoms with Gasteiger partial charge < -0.3 is 15.5 Å². The molecule has 0 aliphatic carbocycles. The molecule has 4 heteroatoms. The number of nitrogens with zero attached hydrogens (tertiary/aromatic N) is 1. The van der Waals surface area contributed by atoms with Crippen molar-refractivity contribution in [3.8, 4) is 0 Å². The van der Waals surface area contributed by atoms with Crippen LogP contribution in [-0.4, -0.2) is 43.2 Å². The molecule has 1 aliphatic rings. The van der Waals surface area contributed by atoms with Crippen LogP contribution in [0.2, 0.25) is 0 Å². The summed E-state index contributed by atoms with van der Waals surface area (Å²) < 4.78 is 0. The number of hydrogen-bond acceptors (Lipinski definition) is 2. The number of carbonyl (C=O) groups is 1. The number of urea groups is 1. The zero-order valence-corrected chi connectivity index (χ0v) is 13.8. The maximum absolute atomic E-state index is 11.8. The Labute approximate surface area is 134 Å². The molecular weight excluding hydrogens is 274 g/mol. The van der Waals surface area contributed by atoms with Gasteiger partial charge in [-0.25, -0.2) is 4.79 Å². The van der Waals surface area contributed by atoms with Gasteiger partial charge in [0.05, 0.1) is 0 Å². The Hall–Kier alpha value is -1.55. The molecule has 122 valence electrons. The van der Waals surface area contributed by atoms with Crippen LogP contribution >= 0.6 is 0 Å². The van der Waals surface area contributed by atoms with E-state index in [1.807, 2.05) is 18.2 Å². The van der Waals surface area contributed by atoms with Crippen molar-refractivity contribution in [2.45, 2.75) is 39.2 Å². The van der Waals surface area contributed by atoms with Crippen LogP contribution in [0.3, 0.4) is 0 Å². The Kier molecular flexibility index (Phi) is 6.72. The number of rotatable bonds is 6. The van der Waals surface area contributed by atoms with Crippen molar-refractivity contribution in [1.29, 1.82) is 0 Å². The van der Waals surface area contributed by atoms with Crippen LogP contribution in [0.25, 0.3) is 0 Å². The van der Waals surface area contributed by atoms with Crippen LogP contribution in [-0.2, 0) is 6.42 Å². The van der Waals surface area contributed by atoms with E-state index in [0.29, 0.717) is 18.5 Å². The molecule has 1 heterocycles. The van der Waals surface area contributed by atoms with Crippen LogP contribution in [0.15, 0.2) is 30.3 Å². The van der Waals surface area contributed by atoms with Gasteiger partial charge in [0.15, 0.2) is 0 Å². The fraction of sp³-hybridized carbons (Fsp3) is 0.611. The van der Waals surface area contributed by atoms with Crippen LogP contribution in [0.4, 0.5) is 4.79 Å². The molecule has 22 heavy (non-hydrogen) atoms. The standard InChI is InChI=1S/C18H29N3O/c1-15(2)21-12-9-17(10-13-21)14-20-18(22)19-11-8-16-6-4-3-5-7-16/h3-7,15,17H,8-14H2,1-2H3,(H2,19,20,22). The van der Waals surface area contributed by atoms with Crippen LogP contribution in [0.5, 0.6) is 0 Å². The van der Waals surface area contributed by atoms with E-state index in [1.165, 1.54) is 18.4 Å². The van der Waals surface area contributed by atoms with Crippen LogP contribution in [0, 0.1) is 5.92 Å². The Bertz CT molecular complexity index is 439. The molecule has 1 aromatic rings. The van der Waals surface area contributed by atoms with Gasteiger partial charge in [0.1, 0.15) is 0 Å². The molecular formula is C18H29N3O. The second-order valence-corrected chi connectivity index (χ2v) is 6.45. The third-order valence-corrected chi connectivity index (χ3v) is 4.47. The second-order valence-electron chi connectivity index (χ2n) is 6.45. The fourth-order valence-electron chi connectivity index (χ4n) is 2.94. The van der Waals surface area contributed by atoms with Gasteiger partial charge in [0, 0.05) is 19.1 Å². The lowest BCUT2D eigenvalue weighted by atomic mass is 9.96. The third kappa shape index (κ3) is 5.68. The summed E-state index contributed by atoms with van der Waals surface area (Å²) in [7, 11) is 0. The Morgan fingerprint density at radius 1 is 1.18 bits per heavy atom. The molecule has 0 aromatic heterocycles. The Balaban J connectivity index is 1.56. The number of benzene rings is 1. The van der Waals surface area contributed by atoms with Gasteiger partial charge in [-0.15, -0.1) is 0 Å². The highest BCUT2D eigenvalue weighted by molar-refractivity contribution is 5.73. The molecule has 1 saturated heterocycles. The Morgan fingerprint density at radius 3 is 2.50 bits per heavy atom. The normalized spacial score (nSPS) is 16.7. The molecule has 1 fully saturated rings. The summed E-state index contributed by atoms with van der Waals surface area (Å²) in [6.45, 7) is 8.28. The number of carbonyl (C=O) groups excluding carboxylic acids is 1. The minimum atomic E-state index is -0.0396. The summed E-state index contributed by atoms with van der Waals surface area (Å²) in [5.74, 6) is 0.620. The predicted octanol–water partition coefficient (Wildman–Crippen LogP) is 2.65. The largest absolute Gasteiger partial charge is 0.338 e. The second kappa shape index (κ2) is 8.79. The first-order valence-electron chi connectivity index (χ1n) is 8.45. The summed E-state index contributed by atoms with van der Waals surface area (Å²) >= 11 is 0. The topological polar surface area (TPSA) is 44.4 Å². The molecule has 2 N–H and O–H groups in total. The third-order valence-electron chi connectivity index (χ3n) is 4.47. The number of piperidine rings is 1. The fourth-order valence-corrected chi connectivity index (χ4v) is 2.94. The minimum absolute atomic E-state index is 0.0396. The van der Waals surface area contributed by atoms with Gasteiger partial charge in [-0.1, -0.05) is 30.3 Å². The van der Waals surface area contributed by atoms with Gasteiger partial charge in [-0.3, -0.25) is 0 Å². The molecule has 2 rings (SSSR count). The zero-order chi connectivity index (χ0) is 15.8. The van der Waals surface area contributed by atoms with E-state index in [-0.39, 0.29) is 6.03 Å². The number of likely N-dealkylation sites (tertiary alicyclic amines) is 1. The van der Waals surface area contributed by atoms with Crippen molar-refractivity contribution in [1.82, 2.24) is 15.5 Å². The first kappa shape index (κ1) is 16.8. The first-order chi connectivity index (χ1) is 10.6. The lowest BCUT2D eigenvalue weighted by Crippen LogP contribution is -2.43. The minimum Gasteiger partial charge on any atom is -0.338 e. The lowest BCUT2D eigenvalue weighted by molar-refractivity contribution is 0.148. The van der Waals surface area contributed by atoms with Crippen molar-refractivity contribution in [2.75, 3.05) is 26.2 Å². The summed E-state index contributed by atoms with van der Waals surface area (Å²) in [6.07, 6.45) is 3.24. The molecule has 1 aliphatic heterocycles. The number of hydrogen-bond donors (Lipinski definition) is 2. The summed E-state index contributed by atoms with van der Waals surface area (Å²) in [5, 5.41) is 5.95. The van der Waals surface area contributed by atoms with Gasteiger partial charge in [-0.05, 0) is 57.7 Å². The maximum atomic E-state index is 11.8. The van der Waals surface area contributed by atoms with E-state index < -0.39 is 0 Å². The first-order valence-corrected chi connectivity index (χ1v) is 8.45. The van der Waals surface area contributed by atoms with E-state index >= 15 is 0 Å². The van der Waals surface area contributed by atoms with Crippen molar-refractivity contribution in [2.24, 2.45) is 5.92 Å². The average molecular weight is 303 g/mol.